The van der Waals surface area contributed by atoms with Crippen molar-refractivity contribution in [1.82, 2.24) is 35.4 Å². The van der Waals surface area contributed by atoms with E-state index in [0.29, 0.717) is 16.4 Å². The van der Waals surface area contributed by atoms with E-state index in [1.807, 2.05) is 7.05 Å². The summed E-state index contributed by atoms with van der Waals surface area (Å²) in [5.41, 5.74) is 5.91. The average Bonchev–Trinajstić information content (AvgIpc) is 3.55. The Bertz CT molecular complexity index is 1280. The van der Waals surface area contributed by atoms with E-state index in [4.69, 9.17) is 5.73 Å². The van der Waals surface area contributed by atoms with Crippen molar-refractivity contribution in [3.05, 3.63) is 27.4 Å². The fourth-order valence-corrected chi connectivity index (χ4v) is 8.53. The molecule has 39 heavy (non-hydrogen) atoms. The van der Waals surface area contributed by atoms with Crippen LogP contribution in [0.1, 0.15) is 11.4 Å². The zero-order chi connectivity index (χ0) is 27.9. The van der Waals surface area contributed by atoms with Crippen LogP contribution in [-0.2, 0) is 20.1 Å². The lowest BCUT2D eigenvalue weighted by molar-refractivity contribution is -0.150. The van der Waals surface area contributed by atoms with E-state index in [0.717, 1.165) is 46.6 Å². The van der Waals surface area contributed by atoms with Gasteiger partial charge in [0.25, 0.3) is 11.8 Å². The molecule has 19 heteroatoms. The largest absolute Gasteiger partial charge is 0.477 e. The number of carbonyl (C=O) groups excluding carboxylic acids is 2. The third kappa shape index (κ3) is 6.84. The second-order valence-electron chi connectivity index (χ2n) is 7.97. The van der Waals surface area contributed by atoms with Gasteiger partial charge in [-0.25, -0.2) is 9.78 Å². The van der Waals surface area contributed by atoms with Crippen LogP contribution in [0.2, 0.25) is 0 Å². The number of carboxylic acid groups (broad SMARTS) is 1. The van der Waals surface area contributed by atoms with Crippen LogP contribution >= 0.6 is 58.2 Å². The number of nitrogen functional groups attached to an aromatic ring is 1. The second kappa shape index (κ2) is 13.8. The Morgan fingerprint density at radius 1 is 1.33 bits per heavy atom. The summed E-state index contributed by atoms with van der Waals surface area (Å²) in [6, 6.07) is -0.991. The van der Waals surface area contributed by atoms with Crippen LogP contribution in [0.3, 0.4) is 0 Å². The lowest BCUT2D eigenvalue weighted by atomic mass is 10.0. The van der Waals surface area contributed by atoms with Crippen molar-refractivity contribution < 1.29 is 24.7 Å². The number of hydrogen-bond acceptors (Lipinski definition) is 16. The normalized spacial score (nSPS) is 19.2. The molecule has 0 saturated carbocycles. The van der Waals surface area contributed by atoms with Gasteiger partial charge < -0.3 is 32.0 Å². The summed E-state index contributed by atoms with van der Waals surface area (Å²) in [5.74, 6) is -0.796. The molecule has 1 fully saturated rings. The van der Waals surface area contributed by atoms with Crippen LogP contribution in [0.25, 0.3) is 0 Å². The number of nitrogens with zero attached hydrogens (tertiary/aromatic N) is 5. The number of oxime groups is 1. The summed E-state index contributed by atoms with van der Waals surface area (Å²) in [6.45, 7) is 2.64. The number of fused-ring (bicyclic) bond motifs is 1. The molecule has 0 unspecified atom stereocenters. The van der Waals surface area contributed by atoms with Gasteiger partial charge in [0.1, 0.15) is 27.0 Å². The van der Waals surface area contributed by atoms with Crippen molar-refractivity contribution in [3.63, 3.8) is 0 Å². The Kier molecular flexibility index (Phi) is 10.4. The van der Waals surface area contributed by atoms with Crippen LogP contribution in [0.4, 0.5) is 5.13 Å². The maximum absolute atomic E-state index is 13.0. The Morgan fingerprint density at radius 2 is 2.15 bits per heavy atom. The van der Waals surface area contributed by atoms with E-state index in [9.17, 15) is 24.7 Å². The number of thiazole rings is 1. The zero-order valence-corrected chi connectivity index (χ0v) is 24.5. The molecule has 7 N–H and O–H groups in total. The van der Waals surface area contributed by atoms with Gasteiger partial charge in [-0.2, -0.15) is 11.8 Å². The first-order valence-electron chi connectivity index (χ1n) is 11.4. The lowest BCUT2D eigenvalue weighted by Gasteiger charge is -2.49. The Balaban J connectivity index is 1.39. The summed E-state index contributed by atoms with van der Waals surface area (Å²) in [6.07, 6.45) is 0. The number of nitrogens with one attached hydrogen (secondary N) is 3. The van der Waals surface area contributed by atoms with Crippen molar-refractivity contribution in [1.29, 1.82) is 0 Å². The molecular formula is C20H25N9O5S5. The SMILES string of the molecule is CNCCNCCSCc1nnsc1SC1=C(C(=O)O)N2C(=O)[C@@H](NC(=O)/C(=N\O)c3csc(N)n3)[C@H]2SC1. The van der Waals surface area contributed by atoms with Gasteiger partial charge in [0.05, 0.1) is 5.69 Å². The van der Waals surface area contributed by atoms with Crippen LogP contribution in [0, 0.1) is 0 Å². The number of anilines is 1. The number of likely N-dealkylation sites (N-methyl/N-ethyl adjacent to an activating group) is 1. The molecule has 2 aromatic rings. The average molecular weight is 632 g/mol. The summed E-state index contributed by atoms with van der Waals surface area (Å²) in [7, 11) is 1.90. The molecule has 0 spiro atoms. The number of carboxylic acids is 1. The third-order valence-electron chi connectivity index (χ3n) is 5.45. The number of nitrogens with two attached hydrogens (primary N) is 1. The first-order valence-corrected chi connectivity index (χ1v) is 16.1. The van der Waals surface area contributed by atoms with E-state index in [1.165, 1.54) is 45.3 Å². The number of thioether (sulfide) groups is 3. The molecule has 0 aliphatic carbocycles. The molecule has 14 nitrogen and oxygen atoms in total. The van der Waals surface area contributed by atoms with E-state index < -0.39 is 34.9 Å². The summed E-state index contributed by atoms with van der Waals surface area (Å²) in [4.78, 5) is 43.5. The van der Waals surface area contributed by atoms with Crippen LogP contribution in [-0.4, -0.2) is 103 Å². The molecule has 2 aliphatic heterocycles. The Morgan fingerprint density at radius 3 is 2.85 bits per heavy atom. The fraction of sp³-hybridized carbons (Fsp3) is 0.450. The van der Waals surface area contributed by atoms with Crippen molar-refractivity contribution in [2.75, 3.05) is 43.9 Å². The van der Waals surface area contributed by atoms with Crippen LogP contribution < -0.4 is 21.7 Å². The van der Waals surface area contributed by atoms with E-state index in [-0.39, 0.29) is 16.5 Å². The lowest BCUT2D eigenvalue weighted by Crippen LogP contribution is -2.71. The van der Waals surface area contributed by atoms with Crippen molar-refractivity contribution in [2.45, 2.75) is 21.4 Å². The molecule has 2 aliphatic rings. The summed E-state index contributed by atoms with van der Waals surface area (Å²) >= 11 is 6.54. The molecular weight excluding hydrogens is 607 g/mol. The van der Waals surface area contributed by atoms with Gasteiger partial charge >= 0.3 is 5.97 Å². The maximum atomic E-state index is 13.0. The summed E-state index contributed by atoms with van der Waals surface area (Å²) < 4.78 is 4.82. The van der Waals surface area contributed by atoms with Gasteiger partial charge in [0.15, 0.2) is 10.8 Å². The Hall–Kier alpha value is -2.42. The fourth-order valence-electron chi connectivity index (χ4n) is 3.62. The number of carbonyl (C=O) groups is 3. The predicted octanol–water partition coefficient (Wildman–Crippen LogP) is 0.286. The molecule has 210 valence electrons. The third-order valence-corrected chi connectivity index (χ3v) is 10.6. The minimum atomic E-state index is -1.24. The van der Waals surface area contributed by atoms with Gasteiger partial charge in [-0.05, 0) is 18.6 Å². The maximum Gasteiger partial charge on any atom is 0.353 e. The molecule has 2 amide bonds. The van der Waals surface area contributed by atoms with Crippen LogP contribution in [0.5, 0.6) is 0 Å². The van der Waals surface area contributed by atoms with Gasteiger partial charge in [-0.1, -0.05) is 21.4 Å². The van der Waals surface area contributed by atoms with Crippen molar-refractivity contribution >= 4 is 86.8 Å². The minimum absolute atomic E-state index is 0.0689. The molecule has 2 aromatic heterocycles. The number of rotatable bonds is 14. The smallest absolute Gasteiger partial charge is 0.353 e. The number of β-lactam (4-membered cyclic amide) rings is 1. The first-order chi connectivity index (χ1) is 18.8. The van der Waals surface area contributed by atoms with Crippen molar-refractivity contribution in [2.24, 2.45) is 5.16 Å². The predicted molar refractivity (Wildman–Crippen MR) is 153 cm³/mol. The number of aliphatic carboxylic acids is 1. The number of hydrogen-bond donors (Lipinski definition) is 6. The zero-order valence-electron chi connectivity index (χ0n) is 20.4. The number of amides is 2. The van der Waals surface area contributed by atoms with Crippen molar-refractivity contribution in [3.8, 4) is 0 Å². The number of aromatic nitrogens is 3. The minimum Gasteiger partial charge on any atom is -0.477 e. The highest BCUT2D eigenvalue weighted by atomic mass is 32.2. The molecule has 4 rings (SSSR count). The van der Waals surface area contributed by atoms with Gasteiger partial charge in [-0.3, -0.25) is 14.5 Å². The van der Waals surface area contributed by atoms with Gasteiger partial charge in [0.2, 0.25) is 0 Å². The quantitative estimate of drug-likeness (QED) is 0.0545. The molecule has 0 bridgehead atoms. The Labute approximate surface area is 243 Å². The molecule has 1 saturated heterocycles. The topological polar surface area (TPSA) is 208 Å². The molecule has 4 heterocycles. The van der Waals surface area contributed by atoms with E-state index >= 15 is 0 Å². The molecule has 0 aromatic carbocycles. The second-order valence-corrected chi connectivity index (χ2v) is 13.2. The van der Waals surface area contributed by atoms with E-state index in [2.05, 4.69) is 35.7 Å². The van der Waals surface area contributed by atoms with Gasteiger partial charge in [-0.15, -0.1) is 28.2 Å². The molecule has 0 radical (unpaired) electrons. The summed E-state index contributed by atoms with van der Waals surface area (Å²) in [5, 5.41) is 36.4. The highest BCUT2D eigenvalue weighted by molar-refractivity contribution is 8.07. The first kappa shape index (κ1) is 29.6. The van der Waals surface area contributed by atoms with E-state index in [1.54, 1.807) is 11.8 Å². The van der Waals surface area contributed by atoms with Crippen LogP contribution in [0.15, 0.2) is 25.3 Å². The highest BCUT2D eigenvalue weighted by Crippen LogP contribution is 2.46. The molecule has 2 atom stereocenters. The highest BCUT2D eigenvalue weighted by Gasteiger charge is 2.54. The monoisotopic (exact) mass is 631 g/mol. The standard InChI is InChI=1S/C20H25N9O5S5/c1-22-2-3-23-4-5-35-6-10-19(39-28-26-10)38-11-8-36-17-13(16(31)29(17)14(11)18(32)33)25-15(30)12(27-34)9-7-37-20(21)24-9/h7,13,17,22-23,34H,2-6,8H2,1H3,(H2,21,24)(H,25,30)(H,32,33)/b27-12-/t13-,17-/m1/s1. The van der Waals surface area contributed by atoms with Gasteiger partial charge in [0, 0.05) is 47.2 Å².